The van der Waals surface area contributed by atoms with Crippen LogP contribution in [0.25, 0.3) is 0 Å². The molecule has 7 heteroatoms. The highest BCUT2D eigenvalue weighted by molar-refractivity contribution is 6.31. The van der Waals surface area contributed by atoms with Gasteiger partial charge in [0.1, 0.15) is 5.60 Å². The van der Waals surface area contributed by atoms with Crippen LogP contribution in [0.4, 0.5) is 4.79 Å². The first-order chi connectivity index (χ1) is 10.2. The minimum atomic E-state index is -0.669. The molecule has 0 aliphatic heterocycles. The lowest BCUT2D eigenvalue weighted by Crippen LogP contribution is -2.40. The van der Waals surface area contributed by atoms with Gasteiger partial charge in [-0.3, -0.25) is 10.0 Å². The minimum absolute atomic E-state index is 0.0204. The highest BCUT2D eigenvalue weighted by Gasteiger charge is 2.22. The fourth-order valence-corrected chi connectivity index (χ4v) is 2.01. The number of hydrogen-bond donors (Lipinski definition) is 3. The van der Waals surface area contributed by atoms with Crippen LogP contribution in [0.15, 0.2) is 24.3 Å². The molecule has 0 radical (unpaired) electrons. The molecule has 1 atom stereocenters. The lowest BCUT2D eigenvalue weighted by Gasteiger charge is -2.21. The van der Waals surface area contributed by atoms with Crippen molar-refractivity contribution in [1.82, 2.24) is 10.8 Å². The highest BCUT2D eigenvalue weighted by atomic mass is 35.5. The molecular weight excluding hydrogens is 308 g/mol. The van der Waals surface area contributed by atoms with Crippen LogP contribution in [-0.2, 0) is 16.0 Å². The lowest BCUT2D eigenvalue weighted by atomic mass is 9.98. The maximum absolute atomic E-state index is 11.7. The Labute approximate surface area is 134 Å². The fraction of sp³-hybridized carbons (Fsp3) is 0.467. The van der Waals surface area contributed by atoms with Gasteiger partial charge in [0.25, 0.3) is 0 Å². The van der Waals surface area contributed by atoms with Gasteiger partial charge in [0.05, 0.1) is 5.92 Å². The molecule has 0 spiro atoms. The van der Waals surface area contributed by atoms with E-state index in [0.29, 0.717) is 5.02 Å². The molecule has 1 rings (SSSR count). The number of ether oxygens (including phenoxy) is 1. The standard InChI is InChI=1S/C15H21ClN2O4/c1-15(2,3)22-14(20)17-9-11(13(19)18-21)8-10-6-4-5-7-12(10)16/h4-7,11,21H,8-9H2,1-3H3,(H,17,20)(H,18,19). The Morgan fingerprint density at radius 2 is 1.95 bits per heavy atom. The number of hydroxylamine groups is 1. The number of carbonyl (C=O) groups is 2. The van der Waals surface area contributed by atoms with Crippen molar-refractivity contribution in [2.75, 3.05) is 6.54 Å². The third kappa shape index (κ3) is 6.32. The summed E-state index contributed by atoms with van der Waals surface area (Å²) < 4.78 is 5.11. The average molecular weight is 329 g/mol. The zero-order valence-electron chi connectivity index (χ0n) is 12.9. The quantitative estimate of drug-likeness (QED) is 0.572. The number of alkyl carbamates (subject to hydrolysis) is 1. The molecule has 0 aliphatic carbocycles. The van der Waals surface area contributed by atoms with Gasteiger partial charge in [-0.25, -0.2) is 10.3 Å². The molecule has 0 heterocycles. The number of hydrogen-bond acceptors (Lipinski definition) is 4. The molecule has 0 saturated carbocycles. The third-order valence-electron chi connectivity index (χ3n) is 2.80. The van der Waals surface area contributed by atoms with Crippen LogP contribution in [0.3, 0.4) is 0 Å². The Morgan fingerprint density at radius 3 is 2.50 bits per heavy atom. The molecule has 3 N–H and O–H groups in total. The van der Waals surface area contributed by atoms with E-state index in [0.717, 1.165) is 5.56 Å². The summed E-state index contributed by atoms with van der Waals surface area (Å²) >= 11 is 6.06. The summed E-state index contributed by atoms with van der Waals surface area (Å²) in [6.07, 6.45) is -0.343. The van der Waals surface area contributed by atoms with Crippen LogP contribution in [0.5, 0.6) is 0 Å². The van der Waals surface area contributed by atoms with E-state index in [1.807, 2.05) is 0 Å². The second-order valence-electron chi connectivity index (χ2n) is 5.85. The minimum Gasteiger partial charge on any atom is -0.444 e. The first kappa shape index (κ1) is 18.3. The van der Waals surface area contributed by atoms with Gasteiger partial charge >= 0.3 is 6.09 Å². The van der Waals surface area contributed by atoms with Gasteiger partial charge in [-0.1, -0.05) is 29.8 Å². The van der Waals surface area contributed by atoms with E-state index in [-0.39, 0.29) is 13.0 Å². The number of rotatable bonds is 5. The number of halogens is 1. The molecule has 6 nitrogen and oxygen atoms in total. The monoisotopic (exact) mass is 328 g/mol. The Kier molecular flexibility index (Phi) is 6.64. The third-order valence-corrected chi connectivity index (χ3v) is 3.17. The highest BCUT2D eigenvalue weighted by Crippen LogP contribution is 2.19. The summed E-state index contributed by atoms with van der Waals surface area (Å²) in [5.74, 6) is -1.27. The molecule has 122 valence electrons. The van der Waals surface area contributed by atoms with Crippen molar-refractivity contribution >= 4 is 23.6 Å². The van der Waals surface area contributed by atoms with Gasteiger partial charge in [0.2, 0.25) is 5.91 Å². The Bertz CT molecular complexity index is 529. The predicted molar refractivity (Wildman–Crippen MR) is 82.8 cm³/mol. The summed E-state index contributed by atoms with van der Waals surface area (Å²) in [4.78, 5) is 23.4. The topological polar surface area (TPSA) is 87.7 Å². The van der Waals surface area contributed by atoms with Gasteiger partial charge in [0.15, 0.2) is 0 Å². The van der Waals surface area contributed by atoms with Crippen molar-refractivity contribution in [1.29, 1.82) is 0 Å². The van der Waals surface area contributed by atoms with Crippen molar-refractivity contribution in [2.24, 2.45) is 5.92 Å². The molecular formula is C15H21ClN2O4. The van der Waals surface area contributed by atoms with Crippen molar-refractivity contribution in [3.05, 3.63) is 34.9 Å². The summed E-state index contributed by atoms with van der Waals surface area (Å²) in [6, 6.07) is 7.09. The molecule has 0 bridgehead atoms. The number of amides is 2. The van der Waals surface area contributed by atoms with E-state index >= 15 is 0 Å². The maximum Gasteiger partial charge on any atom is 0.407 e. The first-order valence-corrected chi connectivity index (χ1v) is 7.25. The van der Waals surface area contributed by atoms with Crippen molar-refractivity contribution in [3.8, 4) is 0 Å². The number of carbonyl (C=O) groups excluding carboxylic acids is 2. The molecule has 1 unspecified atom stereocenters. The summed E-state index contributed by atoms with van der Waals surface area (Å²) in [6.45, 7) is 5.25. The van der Waals surface area contributed by atoms with E-state index in [9.17, 15) is 9.59 Å². The van der Waals surface area contributed by atoms with E-state index in [1.165, 1.54) is 0 Å². The van der Waals surface area contributed by atoms with Gasteiger partial charge in [-0.2, -0.15) is 0 Å². The van der Waals surface area contributed by atoms with Gasteiger partial charge in [-0.15, -0.1) is 0 Å². The summed E-state index contributed by atoms with van der Waals surface area (Å²) in [5.41, 5.74) is 1.73. The van der Waals surface area contributed by atoms with Gasteiger partial charge in [-0.05, 0) is 38.8 Å². The molecule has 1 aromatic carbocycles. The van der Waals surface area contributed by atoms with E-state index in [1.54, 1.807) is 50.5 Å². The molecule has 0 fully saturated rings. The average Bonchev–Trinajstić information content (AvgIpc) is 2.42. The van der Waals surface area contributed by atoms with E-state index in [4.69, 9.17) is 21.5 Å². The van der Waals surface area contributed by atoms with Crippen molar-refractivity contribution in [3.63, 3.8) is 0 Å². The zero-order valence-corrected chi connectivity index (χ0v) is 13.6. The molecule has 0 aromatic heterocycles. The maximum atomic E-state index is 11.7. The van der Waals surface area contributed by atoms with E-state index in [2.05, 4.69) is 5.32 Å². The largest absolute Gasteiger partial charge is 0.444 e. The van der Waals surface area contributed by atoms with Crippen LogP contribution in [-0.4, -0.2) is 29.4 Å². The van der Waals surface area contributed by atoms with Gasteiger partial charge < -0.3 is 10.1 Å². The molecule has 22 heavy (non-hydrogen) atoms. The number of nitrogens with one attached hydrogen (secondary N) is 2. The first-order valence-electron chi connectivity index (χ1n) is 6.87. The molecule has 1 aromatic rings. The zero-order chi connectivity index (χ0) is 16.8. The van der Waals surface area contributed by atoms with Crippen LogP contribution in [0.2, 0.25) is 5.02 Å². The van der Waals surface area contributed by atoms with Crippen LogP contribution in [0.1, 0.15) is 26.3 Å². The summed E-state index contributed by atoms with van der Waals surface area (Å²) in [5, 5.41) is 11.9. The van der Waals surface area contributed by atoms with Crippen LogP contribution < -0.4 is 10.8 Å². The SMILES string of the molecule is CC(C)(C)OC(=O)NCC(Cc1ccccc1Cl)C(=O)NO. The smallest absolute Gasteiger partial charge is 0.407 e. The fourth-order valence-electron chi connectivity index (χ4n) is 1.80. The Morgan fingerprint density at radius 1 is 1.32 bits per heavy atom. The van der Waals surface area contributed by atoms with Crippen LogP contribution >= 0.6 is 11.6 Å². The van der Waals surface area contributed by atoms with Crippen LogP contribution in [0, 0.1) is 5.92 Å². The molecule has 0 saturated heterocycles. The second kappa shape index (κ2) is 8.00. The normalized spacial score (nSPS) is 12.4. The van der Waals surface area contributed by atoms with Crippen molar-refractivity contribution in [2.45, 2.75) is 32.8 Å². The van der Waals surface area contributed by atoms with Crippen molar-refractivity contribution < 1.29 is 19.5 Å². The van der Waals surface area contributed by atoms with Gasteiger partial charge in [0, 0.05) is 11.6 Å². The summed E-state index contributed by atoms with van der Waals surface area (Å²) in [7, 11) is 0. The van der Waals surface area contributed by atoms with E-state index < -0.39 is 23.5 Å². The molecule has 2 amide bonds. The predicted octanol–water partition coefficient (Wildman–Crippen LogP) is 2.53. The second-order valence-corrected chi connectivity index (χ2v) is 6.26. The number of benzene rings is 1. The Hall–Kier alpha value is -1.79. The molecule has 0 aliphatic rings. The lowest BCUT2D eigenvalue weighted by molar-refractivity contribution is -0.133. The Balaban J connectivity index is 2.68.